The lowest BCUT2D eigenvalue weighted by Gasteiger charge is -2.20. The Morgan fingerprint density at radius 3 is 2.02 bits per heavy atom. The van der Waals surface area contributed by atoms with Crippen LogP contribution in [0, 0.1) is 0 Å². The van der Waals surface area contributed by atoms with Crippen molar-refractivity contribution in [2.75, 3.05) is 5.32 Å². The molecule has 8 heteroatoms. The first kappa shape index (κ1) is 29.6. The highest BCUT2D eigenvalue weighted by Gasteiger charge is 2.31. The van der Waals surface area contributed by atoms with Gasteiger partial charge in [0, 0.05) is 23.5 Å². The number of anilines is 1. The van der Waals surface area contributed by atoms with Gasteiger partial charge in [0.1, 0.15) is 5.75 Å². The van der Waals surface area contributed by atoms with Crippen molar-refractivity contribution in [2.45, 2.75) is 57.8 Å². The molecule has 4 rings (SSSR count). The highest BCUT2D eigenvalue weighted by molar-refractivity contribution is 6.12. The molecule has 0 radical (unpaired) electrons. The lowest BCUT2D eigenvalue weighted by Crippen LogP contribution is -2.22. The van der Waals surface area contributed by atoms with Crippen molar-refractivity contribution in [1.82, 2.24) is 4.57 Å². The lowest BCUT2D eigenvalue weighted by molar-refractivity contribution is -0.139. The number of para-hydroxylation sites is 1. The van der Waals surface area contributed by atoms with Gasteiger partial charge in [0.05, 0.1) is 29.9 Å². The highest BCUT2D eigenvalue weighted by atomic mass is 16.4. The number of hydrogen-bond acceptors (Lipinski definition) is 5. The maximum Gasteiger partial charge on any atom is 0.305 e. The molecule has 2 atom stereocenters. The van der Waals surface area contributed by atoms with E-state index >= 15 is 0 Å². The van der Waals surface area contributed by atoms with Gasteiger partial charge in [-0.15, -0.1) is 0 Å². The number of carboxylic acid groups (broad SMARTS) is 1. The fourth-order valence-corrected chi connectivity index (χ4v) is 5.21. The predicted molar refractivity (Wildman–Crippen MR) is 159 cm³/mol. The zero-order chi connectivity index (χ0) is 29.5. The van der Waals surface area contributed by atoms with E-state index in [1.807, 2.05) is 79.1 Å². The minimum atomic E-state index is -1.17. The molecule has 0 aliphatic rings. The SMILES string of the molecule is CC(C)c1c(C(=O)Nc2ccccc2)c(-c2ccccc2)c(-c2ccc(O)cc2)n1CC[C@@H](O)C[C@@H](O)CC(=O)O. The number of rotatable bonds is 12. The summed E-state index contributed by atoms with van der Waals surface area (Å²) in [5, 5.41) is 42.9. The first-order valence-corrected chi connectivity index (χ1v) is 13.7. The Morgan fingerprint density at radius 2 is 1.44 bits per heavy atom. The van der Waals surface area contributed by atoms with E-state index in [9.17, 15) is 24.9 Å². The van der Waals surface area contributed by atoms with Crippen molar-refractivity contribution in [3.05, 3.63) is 96.2 Å². The van der Waals surface area contributed by atoms with Crippen LogP contribution in [0.1, 0.15) is 55.1 Å². The number of aliphatic hydroxyl groups is 2. The second-order valence-corrected chi connectivity index (χ2v) is 10.5. The number of hydrogen-bond donors (Lipinski definition) is 5. The van der Waals surface area contributed by atoms with E-state index < -0.39 is 24.6 Å². The minimum Gasteiger partial charge on any atom is -0.508 e. The first-order valence-electron chi connectivity index (χ1n) is 13.7. The zero-order valence-electron chi connectivity index (χ0n) is 23.2. The van der Waals surface area contributed by atoms with Gasteiger partial charge in [-0.1, -0.05) is 62.4 Å². The molecule has 1 amide bonds. The summed E-state index contributed by atoms with van der Waals surface area (Å²) < 4.78 is 2.03. The quantitative estimate of drug-likeness (QED) is 0.148. The van der Waals surface area contributed by atoms with Crippen LogP contribution in [0.4, 0.5) is 5.69 Å². The number of aromatic nitrogens is 1. The van der Waals surface area contributed by atoms with E-state index in [2.05, 4.69) is 5.32 Å². The molecule has 0 unspecified atom stereocenters. The third kappa shape index (κ3) is 7.22. The summed E-state index contributed by atoms with van der Waals surface area (Å²) in [6.45, 7) is 4.32. The van der Waals surface area contributed by atoms with Crippen molar-refractivity contribution >= 4 is 17.6 Å². The molecule has 5 N–H and O–H groups in total. The van der Waals surface area contributed by atoms with Crippen LogP contribution >= 0.6 is 0 Å². The Labute approximate surface area is 239 Å². The monoisotopic (exact) mass is 556 g/mol. The summed E-state index contributed by atoms with van der Waals surface area (Å²) in [6, 6.07) is 25.6. The largest absolute Gasteiger partial charge is 0.508 e. The van der Waals surface area contributed by atoms with Crippen LogP contribution in [0.15, 0.2) is 84.9 Å². The van der Waals surface area contributed by atoms with Crippen molar-refractivity contribution < 1.29 is 30.0 Å². The van der Waals surface area contributed by atoms with E-state index in [1.54, 1.807) is 24.3 Å². The number of aliphatic carboxylic acids is 1. The van der Waals surface area contributed by atoms with Gasteiger partial charge in [-0.25, -0.2) is 0 Å². The summed E-state index contributed by atoms with van der Waals surface area (Å²) >= 11 is 0. The number of carbonyl (C=O) groups is 2. The molecular formula is C33H36N2O6. The average molecular weight is 557 g/mol. The van der Waals surface area contributed by atoms with Crippen LogP contribution in [-0.4, -0.2) is 49.1 Å². The molecule has 4 aromatic rings. The third-order valence-electron chi connectivity index (χ3n) is 6.95. The summed E-state index contributed by atoms with van der Waals surface area (Å²) in [7, 11) is 0. The molecule has 214 valence electrons. The molecule has 1 heterocycles. The number of aliphatic hydroxyl groups excluding tert-OH is 2. The molecule has 0 saturated heterocycles. The second-order valence-electron chi connectivity index (χ2n) is 10.5. The number of nitrogens with one attached hydrogen (secondary N) is 1. The number of benzene rings is 3. The standard InChI is InChI=1S/C33H36N2O6/c1-21(2)31-30(33(41)34-24-11-7-4-8-12-24)29(22-9-5-3-6-10-22)32(23-13-15-25(36)16-14-23)35(31)18-17-26(37)19-27(38)20-28(39)40/h3-16,21,26-27,36-38H,17-20H2,1-2H3,(H,34,41)(H,39,40)/t26-,27-/m1/s1. The van der Waals surface area contributed by atoms with Gasteiger partial charge in [-0.2, -0.15) is 0 Å². The van der Waals surface area contributed by atoms with E-state index in [0.717, 1.165) is 28.1 Å². The number of phenols is 1. The van der Waals surface area contributed by atoms with E-state index in [-0.39, 0.29) is 30.4 Å². The van der Waals surface area contributed by atoms with Crippen molar-refractivity contribution in [3.63, 3.8) is 0 Å². The topological polar surface area (TPSA) is 132 Å². The van der Waals surface area contributed by atoms with Gasteiger partial charge < -0.3 is 30.3 Å². The zero-order valence-corrected chi connectivity index (χ0v) is 23.2. The highest BCUT2D eigenvalue weighted by Crippen LogP contribution is 2.43. The van der Waals surface area contributed by atoms with Crippen molar-refractivity contribution in [3.8, 4) is 28.1 Å². The van der Waals surface area contributed by atoms with Gasteiger partial charge in [0.2, 0.25) is 0 Å². The molecule has 0 aliphatic heterocycles. The predicted octanol–water partition coefficient (Wildman–Crippen LogP) is 5.88. The molecule has 3 aromatic carbocycles. The summed E-state index contributed by atoms with van der Waals surface area (Å²) in [6.07, 6.45) is -2.42. The Kier molecular flexibility index (Phi) is 9.60. The third-order valence-corrected chi connectivity index (χ3v) is 6.95. The molecule has 8 nitrogen and oxygen atoms in total. The van der Waals surface area contributed by atoms with Crippen molar-refractivity contribution in [2.24, 2.45) is 0 Å². The average Bonchev–Trinajstić information content (AvgIpc) is 3.28. The summed E-state index contributed by atoms with van der Waals surface area (Å²) in [5.74, 6) is -1.37. The molecule has 0 spiro atoms. The van der Waals surface area contributed by atoms with Crippen LogP contribution in [0.25, 0.3) is 22.4 Å². The number of aromatic hydroxyl groups is 1. The van der Waals surface area contributed by atoms with E-state index in [1.165, 1.54) is 0 Å². The Hall–Kier alpha value is -4.40. The Balaban J connectivity index is 1.89. The number of phenolic OH excluding ortho intramolecular Hbond substituents is 1. The normalized spacial score (nSPS) is 12.7. The van der Waals surface area contributed by atoms with Crippen LogP contribution in [0.3, 0.4) is 0 Å². The molecule has 0 bridgehead atoms. The smallest absolute Gasteiger partial charge is 0.305 e. The fraction of sp³-hybridized carbons (Fsp3) is 0.273. The molecule has 0 saturated carbocycles. The molecule has 41 heavy (non-hydrogen) atoms. The molecule has 1 aromatic heterocycles. The van der Waals surface area contributed by atoms with E-state index in [0.29, 0.717) is 17.8 Å². The Bertz CT molecular complexity index is 1460. The number of carboxylic acids is 1. The van der Waals surface area contributed by atoms with Gasteiger partial charge in [-0.05, 0) is 66.3 Å². The van der Waals surface area contributed by atoms with Crippen LogP contribution in [0.5, 0.6) is 5.75 Å². The summed E-state index contributed by atoms with van der Waals surface area (Å²) in [5.41, 5.74) is 5.06. The van der Waals surface area contributed by atoms with Gasteiger partial charge in [-0.3, -0.25) is 9.59 Å². The number of amides is 1. The Morgan fingerprint density at radius 1 is 0.829 bits per heavy atom. The van der Waals surface area contributed by atoms with E-state index in [4.69, 9.17) is 5.11 Å². The number of carbonyl (C=O) groups excluding carboxylic acids is 1. The lowest BCUT2D eigenvalue weighted by atomic mass is 9.94. The van der Waals surface area contributed by atoms with Crippen molar-refractivity contribution in [1.29, 1.82) is 0 Å². The maximum atomic E-state index is 14.1. The van der Waals surface area contributed by atoms with Gasteiger partial charge in [0.25, 0.3) is 5.91 Å². The van der Waals surface area contributed by atoms with Crippen LogP contribution in [0.2, 0.25) is 0 Å². The maximum absolute atomic E-state index is 14.1. The number of nitrogens with zero attached hydrogens (tertiary/aromatic N) is 1. The fourth-order valence-electron chi connectivity index (χ4n) is 5.21. The molecular weight excluding hydrogens is 520 g/mol. The first-order chi connectivity index (χ1) is 19.7. The molecule has 0 aliphatic carbocycles. The van der Waals surface area contributed by atoms with Crippen LogP contribution < -0.4 is 5.32 Å². The van der Waals surface area contributed by atoms with Gasteiger partial charge >= 0.3 is 5.97 Å². The molecule has 0 fully saturated rings. The summed E-state index contributed by atoms with van der Waals surface area (Å²) in [4.78, 5) is 25.1. The van der Waals surface area contributed by atoms with Gasteiger partial charge in [0.15, 0.2) is 0 Å². The van der Waals surface area contributed by atoms with Crippen LogP contribution in [-0.2, 0) is 11.3 Å². The second kappa shape index (κ2) is 13.3. The minimum absolute atomic E-state index is 0.0774.